The van der Waals surface area contributed by atoms with Crippen molar-refractivity contribution in [3.63, 3.8) is 0 Å². The van der Waals surface area contributed by atoms with Gasteiger partial charge in [-0.3, -0.25) is 9.10 Å². The summed E-state index contributed by atoms with van der Waals surface area (Å²) in [5.41, 5.74) is 3.33. The highest BCUT2D eigenvalue weighted by atomic mass is 32.2. The first-order valence-corrected chi connectivity index (χ1v) is 10.9. The van der Waals surface area contributed by atoms with Crippen LogP contribution in [0.2, 0.25) is 0 Å². The molecule has 5 nitrogen and oxygen atoms in total. The molecule has 0 aliphatic rings. The Morgan fingerprint density at radius 2 is 1.59 bits per heavy atom. The molecule has 2 rings (SSSR count). The summed E-state index contributed by atoms with van der Waals surface area (Å²) >= 11 is 0. The molecule has 0 bridgehead atoms. The van der Waals surface area contributed by atoms with E-state index in [4.69, 9.17) is 0 Å². The second-order valence-corrected chi connectivity index (χ2v) is 8.64. The Labute approximate surface area is 162 Å². The molecule has 0 saturated heterocycles. The average molecular weight is 389 g/mol. The third-order valence-corrected chi connectivity index (χ3v) is 6.47. The SMILES string of the molecule is CC[C@@H](NC(=O)c1ccc(N(CC)S(=O)(=O)CC)cc1)c1ccc(C)cc1. The van der Waals surface area contributed by atoms with Crippen molar-refractivity contribution >= 4 is 21.6 Å². The van der Waals surface area contributed by atoms with Gasteiger partial charge in [0.05, 0.1) is 17.5 Å². The van der Waals surface area contributed by atoms with Crippen LogP contribution in [0.4, 0.5) is 5.69 Å². The summed E-state index contributed by atoms with van der Waals surface area (Å²) in [6.45, 7) is 7.83. The fourth-order valence-electron chi connectivity index (χ4n) is 2.94. The summed E-state index contributed by atoms with van der Waals surface area (Å²) in [5.74, 6) is -0.131. The van der Waals surface area contributed by atoms with Crippen LogP contribution in [-0.4, -0.2) is 26.6 Å². The first kappa shape index (κ1) is 21.0. The minimum absolute atomic E-state index is 0.0395. The largest absolute Gasteiger partial charge is 0.345 e. The molecule has 0 aliphatic heterocycles. The molecule has 0 fully saturated rings. The van der Waals surface area contributed by atoms with Gasteiger partial charge >= 0.3 is 0 Å². The van der Waals surface area contributed by atoms with Crippen molar-refractivity contribution in [1.29, 1.82) is 0 Å². The van der Waals surface area contributed by atoms with E-state index in [1.807, 2.05) is 38.1 Å². The lowest BCUT2D eigenvalue weighted by Gasteiger charge is -2.22. The van der Waals surface area contributed by atoms with E-state index >= 15 is 0 Å². The van der Waals surface area contributed by atoms with Crippen LogP contribution in [0.1, 0.15) is 54.7 Å². The summed E-state index contributed by atoms with van der Waals surface area (Å²) in [4.78, 5) is 12.6. The van der Waals surface area contributed by atoms with E-state index in [0.29, 0.717) is 17.8 Å². The van der Waals surface area contributed by atoms with Crippen LogP contribution in [-0.2, 0) is 10.0 Å². The van der Waals surface area contributed by atoms with Crippen LogP contribution in [0.5, 0.6) is 0 Å². The Kier molecular flexibility index (Phi) is 7.02. The number of amides is 1. The van der Waals surface area contributed by atoms with E-state index in [1.165, 1.54) is 9.87 Å². The van der Waals surface area contributed by atoms with Gasteiger partial charge in [-0.25, -0.2) is 8.42 Å². The molecule has 0 spiro atoms. The van der Waals surface area contributed by atoms with Crippen molar-refractivity contribution in [1.82, 2.24) is 5.32 Å². The summed E-state index contributed by atoms with van der Waals surface area (Å²) in [6, 6.07) is 14.8. The van der Waals surface area contributed by atoms with Gasteiger partial charge in [0.2, 0.25) is 10.0 Å². The molecule has 0 unspecified atom stereocenters. The summed E-state index contributed by atoms with van der Waals surface area (Å²) < 4.78 is 25.7. The van der Waals surface area contributed by atoms with Crippen molar-refractivity contribution in [2.24, 2.45) is 0 Å². The van der Waals surface area contributed by atoms with Crippen LogP contribution in [0.15, 0.2) is 48.5 Å². The highest BCUT2D eigenvalue weighted by Gasteiger charge is 2.19. The van der Waals surface area contributed by atoms with E-state index in [1.54, 1.807) is 38.1 Å². The highest BCUT2D eigenvalue weighted by Crippen LogP contribution is 2.21. The molecule has 1 atom stereocenters. The number of nitrogens with one attached hydrogen (secondary N) is 1. The fraction of sp³-hybridized carbons (Fsp3) is 0.381. The fourth-order valence-corrected chi connectivity index (χ4v) is 4.08. The number of nitrogens with zero attached hydrogens (tertiary/aromatic N) is 1. The first-order valence-electron chi connectivity index (χ1n) is 9.30. The van der Waals surface area contributed by atoms with Crippen LogP contribution >= 0.6 is 0 Å². The molecule has 1 N–H and O–H groups in total. The molecule has 0 heterocycles. The van der Waals surface area contributed by atoms with Gasteiger partial charge in [0.25, 0.3) is 5.91 Å². The molecule has 146 valence electrons. The van der Waals surface area contributed by atoms with Gasteiger partial charge in [0.1, 0.15) is 0 Å². The van der Waals surface area contributed by atoms with E-state index in [-0.39, 0.29) is 17.7 Å². The van der Waals surface area contributed by atoms with Gasteiger partial charge < -0.3 is 5.32 Å². The van der Waals surface area contributed by atoms with Gasteiger partial charge in [-0.15, -0.1) is 0 Å². The van der Waals surface area contributed by atoms with Crippen LogP contribution < -0.4 is 9.62 Å². The lowest BCUT2D eigenvalue weighted by atomic mass is 10.0. The average Bonchev–Trinajstić information content (AvgIpc) is 2.67. The molecule has 6 heteroatoms. The van der Waals surface area contributed by atoms with Crippen molar-refractivity contribution < 1.29 is 13.2 Å². The van der Waals surface area contributed by atoms with E-state index in [2.05, 4.69) is 5.32 Å². The van der Waals surface area contributed by atoms with Gasteiger partial charge in [-0.1, -0.05) is 36.8 Å². The lowest BCUT2D eigenvalue weighted by molar-refractivity contribution is 0.0935. The third-order valence-electron chi connectivity index (χ3n) is 4.60. The number of benzene rings is 2. The zero-order valence-electron chi connectivity index (χ0n) is 16.4. The minimum atomic E-state index is -3.33. The van der Waals surface area contributed by atoms with Crippen molar-refractivity contribution in [2.45, 2.75) is 40.2 Å². The number of aryl methyl sites for hydroxylation is 1. The van der Waals surface area contributed by atoms with E-state index in [9.17, 15) is 13.2 Å². The van der Waals surface area contributed by atoms with Gasteiger partial charge in [0.15, 0.2) is 0 Å². The number of sulfonamides is 1. The molecular weight excluding hydrogens is 360 g/mol. The number of rotatable bonds is 8. The smallest absolute Gasteiger partial charge is 0.251 e. The van der Waals surface area contributed by atoms with Gasteiger partial charge in [0, 0.05) is 12.1 Å². The standard InChI is InChI=1S/C21H28N2O3S/c1-5-20(17-10-8-16(4)9-11-17)22-21(24)18-12-14-19(15-13-18)23(6-2)27(25,26)7-3/h8-15,20H,5-7H2,1-4H3,(H,22,24)/t20-/m1/s1. The van der Waals surface area contributed by atoms with Crippen molar-refractivity contribution in [3.05, 3.63) is 65.2 Å². The number of carbonyl (C=O) groups is 1. The number of hydrogen-bond donors (Lipinski definition) is 1. The molecule has 27 heavy (non-hydrogen) atoms. The molecule has 0 saturated carbocycles. The molecule has 0 aromatic heterocycles. The summed E-state index contributed by atoms with van der Waals surface area (Å²) in [6.07, 6.45) is 0.783. The highest BCUT2D eigenvalue weighted by molar-refractivity contribution is 7.92. The molecular formula is C21H28N2O3S. The Morgan fingerprint density at radius 1 is 1.00 bits per heavy atom. The van der Waals surface area contributed by atoms with Crippen LogP contribution in [0.25, 0.3) is 0 Å². The normalized spacial score (nSPS) is 12.4. The maximum absolute atomic E-state index is 12.6. The number of anilines is 1. The minimum Gasteiger partial charge on any atom is -0.345 e. The number of hydrogen-bond acceptors (Lipinski definition) is 3. The van der Waals surface area contributed by atoms with E-state index in [0.717, 1.165) is 12.0 Å². The third kappa shape index (κ3) is 5.10. The van der Waals surface area contributed by atoms with Crippen LogP contribution in [0.3, 0.4) is 0 Å². The van der Waals surface area contributed by atoms with Crippen molar-refractivity contribution in [3.8, 4) is 0 Å². The van der Waals surface area contributed by atoms with Gasteiger partial charge in [-0.2, -0.15) is 0 Å². The van der Waals surface area contributed by atoms with E-state index < -0.39 is 10.0 Å². The Bertz CT molecular complexity index is 859. The summed E-state index contributed by atoms with van der Waals surface area (Å²) in [7, 11) is -3.33. The second kappa shape index (κ2) is 9.04. The topological polar surface area (TPSA) is 66.5 Å². The molecule has 1 amide bonds. The number of carbonyl (C=O) groups excluding carboxylic acids is 1. The quantitative estimate of drug-likeness (QED) is 0.742. The second-order valence-electron chi connectivity index (χ2n) is 6.46. The Balaban J connectivity index is 2.16. The first-order chi connectivity index (χ1) is 12.8. The Morgan fingerprint density at radius 3 is 2.07 bits per heavy atom. The Hall–Kier alpha value is -2.34. The summed E-state index contributed by atoms with van der Waals surface area (Å²) in [5, 5.41) is 3.05. The predicted molar refractivity (Wildman–Crippen MR) is 111 cm³/mol. The predicted octanol–water partition coefficient (Wildman–Crippen LogP) is 4.05. The maximum Gasteiger partial charge on any atom is 0.251 e. The molecule has 0 radical (unpaired) electrons. The monoisotopic (exact) mass is 388 g/mol. The van der Waals surface area contributed by atoms with Crippen molar-refractivity contribution in [2.75, 3.05) is 16.6 Å². The van der Waals surface area contributed by atoms with Gasteiger partial charge in [-0.05, 0) is 57.0 Å². The molecule has 2 aromatic carbocycles. The van der Waals surface area contributed by atoms with Crippen LogP contribution in [0, 0.1) is 6.92 Å². The zero-order chi connectivity index (χ0) is 20.0. The molecule has 2 aromatic rings. The zero-order valence-corrected chi connectivity index (χ0v) is 17.2. The maximum atomic E-state index is 12.6. The lowest BCUT2D eigenvalue weighted by Crippen LogP contribution is -2.32. The molecule has 0 aliphatic carbocycles.